The predicted octanol–water partition coefficient (Wildman–Crippen LogP) is 6.92. The molecule has 1 aliphatic rings. The third kappa shape index (κ3) is 4.97. The molecule has 3 rings (SSSR count). The molecule has 0 N–H and O–H groups in total. The maximum absolute atomic E-state index is 11.1. The van der Waals surface area contributed by atoms with E-state index in [0.717, 1.165) is 11.3 Å². The van der Waals surface area contributed by atoms with E-state index in [-0.39, 0.29) is 5.97 Å². The van der Waals surface area contributed by atoms with Crippen molar-refractivity contribution in [3.8, 4) is 5.75 Å². The summed E-state index contributed by atoms with van der Waals surface area (Å²) < 4.78 is 5.18. The summed E-state index contributed by atoms with van der Waals surface area (Å²) in [4.78, 5) is 11.1. The Morgan fingerprint density at radius 1 is 1.08 bits per heavy atom. The van der Waals surface area contributed by atoms with Crippen molar-refractivity contribution in [3.05, 3.63) is 48.0 Å². The highest BCUT2D eigenvalue weighted by atomic mass is 16.5. The normalized spacial score (nSPS) is 17.2. The summed E-state index contributed by atoms with van der Waals surface area (Å²) in [5.41, 5.74) is 2.82. The van der Waals surface area contributed by atoms with Crippen molar-refractivity contribution in [1.82, 2.24) is 0 Å². The molecule has 0 saturated carbocycles. The highest BCUT2D eigenvalue weighted by molar-refractivity contribution is 5.88. The van der Waals surface area contributed by atoms with Gasteiger partial charge in [0.15, 0.2) is 0 Å². The minimum Gasteiger partial charge on any atom is -0.427 e. The number of hydrogen-bond donors (Lipinski definition) is 0. The van der Waals surface area contributed by atoms with Crippen LogP contribution in [0, 0.1) is 5.92 Å². The lowest BCUT2D eigenvalue weighted by Gasteiger charge is -2.22. The first-order valence-corrected chi connectivity index (χ1v) is 10.1. The van der Waals surface area contributed by atoms with E-state index in [1.54, 1.807) is 0 Å². The number of rotatable bonds is 7. The van der Waals surface area contributed by atoms with E-state index in [4.69, 9.17) is 4.74 Å². The van der Waals surface area contributed by atoms with Gasteiger partial charge in [-0.15, -0.1) is 0 Å². The summed E-state index contributed by atoms with van der Waals surface area (Å²) in [6.45, 7) is 3.70. The Hall–Kier alpha value is -2.09. The molecule has 2 nitrogen and oxygen atoms in total. The molecule has 2 heteroatoms. The second-order valence-electron chi connectivity index (χ2n) is 7.54. The van der Waals surface area contributed by atoms with Gasteiger partial charge in [0, 0.05) is 6.92 Å². The fourth-order valence-electron chi connectivity index (χ4n) is 3.93. The topological polar surface area (TPSA) is 26.3 Å². The number of hydrogen-bond acceptors (Lipinski definition) is 2. The number of esters is 1. The molecule has 1 unspecified atom stereocenters. The fraction of sp³-hybridized carbons (Fsp3) is 0.458. The lowest BCUT2D eigenvalue weighted by Crippen LogP contribution is -2.05. The minimum absolute atomic E-state index is 0.280. The van der Waals surface area contributed by atoms with E-state index in [1.165, 1.54) is 74.8 Å². The molecule has 0 saturated heterocycles. The molecule has 138 valence electrons. The summed E-state index contributed by atoms with van der Waals surface area (Å²) in [6, 6.07) is 12.4. The Bertz CT molecular complexity index is 788. The van der Waals surface area contributed by atoms with E-state index in [0.29, 0.717) is 5.75 Å². The predicted molar refractivity (Wildman–Crippen MR) is 109 cm³/mol. The van der Waals surface area contributed by atoms with E-state index < -0.39 is 0 Å². The second kappa shape index (κ2) is 9.02. The summed E-state index contributed by atoms with van der Waals surface area (Å²) in [7, 11) is 0. The number of unbranched alkanes of at least 4 members (excludes halogenated alkanes) is 3. The summed E-state index contributed by atoms with van der Waals surface area (Å²) >= 11 is 0. The van der Waals surface area contributed by atoms with E-state index in [9.17, 15) is 4.79 Å². The highest BCUT2D eigenvalue weighted by Gasteiger charge is 2.15. The quantitative estimate of drug-likeness (QED) is 0.308. The first-order valence-electron chi connectivity index (χ1n) is 10.1. The Kier molecular flexibility index (Phi) is 6.49. The largest absolute Gasteiger partial charge is 0.427 e. The van der Waals surface area contributed by atoms with Crippen LogP contribution >= 0.6 is 0 Å². The van der Waals surface area contributed by atoms with Crippen molar-refractivity contribution in [1.29, 1.82) is 0 Å². The van der Waals surface area contributed by atoms with Gasteiger partial charge in [0.2, 0.25) is 0 Å². The molecular weight excluding hydrogens is 320 g/mol. The SMILES string of the molecule is CCCCCCC1CC=C(c2ccc3cc(OC(C)=O)ccc3c2)CC1. The Morgan fingerprint density at radius 2 is 1.88 bits per heavy atom. The van der Waals surface area contributed by atoms with Crippen LogP contribution in [0.5, 0.6) is 5.75 Å². The van der Waals surface area contributed by atoms with Crippen molar-refractivity contribution in [2.45, 2.75) is 65.2 Å². The van der Waals surface area contributed by atoms with Crippen molar-refractivity contribution in [3.63, 3.8) is 0 Å². The maximum atomic E-state index is 11.1. The van der Waals surface area contributed by atoms with Crippen LogP contribution in [0.3, 0.4) is 0 Å². The number of benzene rings is 2. The molecule has 1 aliphatic carbocycles. The van der Waals surface area contributed by atoms with Crippen LogP contribution in [0.15, 0.2) is 42.5 Å². The van der Waals surface area contributed by atoms with Crippen LogP contribution in [-0.2, 0) is 4.79 Å². The zero-order valence-corrected chi connectivity index (χ0v) is 16.1. The molecule has 0 radical (unpaired) electrons. The third-order valence-corrected chi connectivity index (χ3v) is 5.43. The van der Waals surface area contributed by atoms with Gasteiger partial charge in [-0.2, -0.15) is 0 Å². The van der Waals surface area contributed by atoms with Gasteiger partial charge in [-0.1, -0.05) is 63.3 Å². The second-order valence-corrected chi connectivity index (χ2v) is 7.54. The van der Waals surface area contributed by atoms with E-state index in [2.05, 4.69) is 31.2 Å². The van der Waals surface area contributed by atoms with Crippen LogP contribution in [0.25, 0.3) is 16.3 Å². The van der Waals surface area contributed by atoms with Crippen molar-refractivity contribution in [2.75, 3.05) is 0 Å². The smallest absolute Gasteiger partial charge is 0.308 e. The number of ether oxygens (including phenoxy) is 1. The molecular formula is C24H30O2. The molecule has 0 amide bonds. The molecule has 0 aliphatic heterocycles. The van der Waals surface area contributed by atoms with Gasteiger partial charge in [0.05, 0.1) is 0 Å². The van der Waals surface area contributed by atoms with Gasteiger partial charge >= 0.3 is 5.97 Å². The molecule has 2 aromatic carbocycles. The average molecular weight is 351 g/mol. The third-order valence-electron chi connectivity index (χ3n) is 5.43. The Balaban J connectivity index is 1.65. The molecule has 0 fully saturated rings. The van der Waals surface area contributed by atoms with Crippen LogP contribution in [0.1, 0.15) is 70.8 Å². The van der Waals surface area contributed by atoms with Gasteiger partial charge in [0.25, 0.3) is 0 Å². The number of carbonyl (C=O) groups is 1. The maximum Gasteiger partial charge on any atom is 0.308 e. The van der Waals surface area contributed by atoms with E-state index in [1.807, 2.05) is 18.2 Å². The highest BCUT2D eigenvalue weighted by Crippen LogP contribution is 2.34. The molecule has 1 atom stereocenters. The molecule has 0 spiro atoms. The Labute approximate surface area is 157 Å². The van der Waals surface area contributed by atoms with Crippen molar-refractivity contribution in [2.24, 2.45) is 5.92 Å². The lowest BCUT2D eigenvalue weighted by molar-refractivity contribution is -0.131. The molecule has 0 aromatic heterocycles. The van der Waals surface area contributed by atoms with Gasteiger partial charge in [-0.05, 0) is 65.3 Å². The summed E-state index contributed by atoms with van der Waals surface area (Å²) in [5.74, 6) is 1.21. The Morgan fingerprint density at radius 3 is 2.62 bits per heavy atom. The lowest BCUT2D eigenvalue weighted by atomic mass is 9.83. The van der Waals surface area contributed by atoms with Gasteiger partial charge in [0.1, 0.15) is 5.75 Å². The summed E-state index contributed by atoms with van der Waals surface area (Å²) in [6.07, 6.45) is 13.1. The fourth-order valence-corrected chi connectivity index (χ4v) is 3.93. The standard InChI is InChI=1S/C24H30O2/c1-3-4-5-6-7-19-8-10-20(11-9-19)21-12-13-23-17-24(26-18(2)25)15-14-22(23)16-21/h10,12-17,19H,3-9,11H2,1-2H3. The van der Waals surface area contributed by atoms with Gasteiger partial charge in [-0.25, -0.2) is 0 Å². The number of carbonyl (C=O) groups excluding carboxylic acids is 1. The monoisotopic (exact) mass is 350 g/mol. The van der Waals surface area contributed by atoms with Crippen molar-refractivity contribution >= 4 is 22.3 Å². The zero-order valence-electron chi connectivity index (χ0n) is 16.1. The van der Waals surface area contributed by atoms with Crippen LogP contribution < -0.4 is 4.74 Å². The zero-order chi connectivity index (χ0) is 18.4. The first-order chi connectivity index (χ1) is 12.7. The molecule has 2 aromatic rings. The number of fused-ring (bicyclic) bond motifs is 1. The first kappa shape index (κ1) is 18.7. The minimum atomic E-state index is -0.280. The van der Waals surface area contributed by atoms with Crippen LogP contribution in [0.4, 0.5) is 0 Å². The van der Waals surface area contributed by atoms with E-state index >= 15 is 0 Å². The van der Waals surface area contributed by atoms with Gasteiger partial charge < -0.3 is 4.74 Å². The number of allylic oxidation sites excluding steroid dienone is 2. The molecule has 0 bridgehead atoms. The molecule has 0 heterocycles. The summed E-state index contributed by atoms with van der Waals surface area (Å²) in [5, 5.41) is 2.30. The van der Waals surface area contributed by atoms with Crippen LogP contribution in [0.2, 0.25) is 0 Å². The van der Waals surface area contributed by atoms with Crippen LogP contribution in [-0.4, -0.2) is 5.97 Å². The average Bonchev–Trinajstić information content (AvgIpc) is 2.65. The molecule has 26 heavy (non-hydrogen) atoms. The van der Waals surface area contributed by atoms with Crippen molar-refractivity contribution < 1.29 is 9.53 Å². The van der Waals surface area contributed by atoms with Gasteiger partial charge in [-0.3, -0.25) is 4.79 Å².